The van der Waals surface area contributed by atoms with Gasteiger partial charge in [0.2, 0.25) is 0 Å². The van der Waals surface area contributed by atoms with Gasteiger partial charge in [0.1, 0.15) is 5.88 Å². The Balaban J connectivity index is 2.01. The van der Waals surface area contributed by atoms with Gasteiger partial charge in [-0.15, -0.1) is 11.6 Å². The highest BCUT2D eigenvalue weighted by Crippen LogP contribution is 2.33. The number of hydrogen-bond donors (Lipinski definition) is 0. The van der Waals surface area contributed by atoms with Crippen LogP contribution in [0.2, 0.25) is 5.02 Å². The lowest BCUT2D eigenvalue weighted by Crippen LogP contribution is -2.29. The van der Waals surface area contributed by atoms with E-state index in [4.69, 9.17) is 23.2 Å². The Labute approximate surface area is 163 Å². The lowest BCUT2D eigenvalue weighted by molar-refractivity contribution is -0.384. The quantitative estimate of drug-likeness (QED) is 0.327. The van der Waals surface area contributed by atoms with Gasteiger partial charge in [-0.05, 0) is 23.8 Å². The highest BCUT2D eigenvalue weighted by Gasteiger charge is 2.36. The molecular weight excluding hydrogens is 397 g/mol. The van der Waals surface area contributed by atoms with Crippen LogP contribution in [0.15, 0.2) is 47.6 Å². The molecule has 0 atom stereocenters. The van der Waals surface area contributed by atoms with Crippen molar-refractivity contribution < 1.29 is 19.3 Å². The fraction of sp³-hybridized carbons (Fsp3) is 0.118. The van der Waals surface area contributed by atoms with Crippen molar-refractivity contribution >= 4 is 52.2 Å². The second-order valence-electron chi connectivity index (χ2n) is 5.51. The van der Waals surface area contributed by atoms with E-state index >= 15 is 0 Å². The molecule has 2 aromatic carbocycles. The summed E-state index contributed by atoms with van der Waals surface area (Å²) in [5.41, 5.74) is 0.982. The molecule has 0 fully saturated rings. The van der Waals surface area contributed by atoms with Crippen molar-refractivity contribution in [1.82, 2.24) is 0 Å². The van der Waals surface area contributed by atoms with E-state index in [2.05, 4.69) is 9.99 Å². The number of non-ortho nitro benzene ring substituents is 1. The molecule has 0 unspecified atom stereocenters. The second-order valence-corrected chi connectivity index (χ2v) is 6.22. The second kappa shape index (κ2) is 7.73. The van der Waals surface area contributed by atoms with Gasteiger partial charge in [0.15, 0.2) is 5.71 Å². The Hall–Kier alpha value is -2.97. The van der Waals surface area contributed by atoms with Crippen molar-refractivity contribution in [3.8, 4) is 0 Å². The van der Waals surface area contributed by atoms with Crippen molar-refractivity contribution in [2.24, 2.45) is 5.16 Å². The number of carbonyl (C=O) groups excluding carboxylic acids is 2. The standard InChI is InChI=1S/C17H11Cl2N3O5/c18-8-15(23)27-20-16-13-7-12(22(25)26)5-6-14(13)21(17(16)24)9-10-1-3-11(19)4-2-10/h1-7H,8-9H2/b20-16+. The van der Waals surface area contributed by atoms with Gasteiger partial charge in [-0.2, -0.15) is 0 Å². The molecule has 0 bridgehead atoms. The number of nitrogens with zero attached hydrogens (tertiary/aromatic N) is 3. The maximum absolute atomic E-state index is 12.8. The molecule has 8 nitrogen and oxygen atoms in total. The summed E-state index contributed by atoms with van der Waals surface area (Å²) in [6.07, 6.45) is 0. The van der Waals surface area contributed by atoms with E-state index in [1.54, 1.807) is 24.3 Å². The van der Waals surface area contributed by atoms with Gasteiger partial charge in [-0.1, -0.05) is 28.9 Å². The minimum atomic E-state index is -0.847. The minimum absolute atomic E-state index is 0.184. The molecule has 0 saturated carbocycles. The first-order valence-corrected chi connectivity index (χ1v) is 8.51. The minimum Gasteiger partial charge on any atom is -0.316 e. The van der Waals surface area contributed by atoms with Crippen molar-refractivity contribution in [3.63, 3.8) is 0 Å². The summed E-state index contributed by atoms with van der Waals surface area (Å²) in [6.45, 7) is 0.184. The molecule has 27 heavy (non-hydrogen) atoms. The van der Waals surface area contributed by atoms with Crippen molar-refractivity contribution in [3.05, 3.63) is 68.7 Å². The van der Waals surface area contributed by atoms with Crippen LogP contribution >= 0.6 is 23.2 Å². The summed E-state index contributed by atoms with van der Waals surface area (Å²) in [6, 6.07) is 10.8. The summed E-state index contributed by atoms with van der Waals surface area (Å²) in [7, 11) is 0. The molecule has 3 rings (SSSR count). The summed E-state index contributed by atoms with van der Waals surface area (Å²) in [4.78, 5) is 40.5. The molecule has 1 aliphatic rings. The summed E-state index contributed by atoms with van der Waals surface area (Å²) < 4.78 is 0. The number of anilines is 1. The van der Waals surface area contributed by atoms with Crippen molar-refractivity contribution in [2.45, 2.75) is 6.54 Å². The number of oxime groups is 1. The Kier molecular flexibility index (Phi) is 5.38. The Bertz CT molecular complexity index is 960. The molecule has 2 aromatic rings. The normalized spacial score (nSPS) is 14.4. The molecule has 0 aliphatic carbocycles. The monoisotopic (exact) mass is 407 g/mol. The van der Waals surface area contributed by atoms with Crippen LogP contribution in [0.3, 0.4) is 0 Å². The third kappa shape index (κ3) is 3.91. The molecule has 0 spiro atoms. The highest BCUT2D eigenvalue weighted by molar-refractivity contribution is 6.54. The summed E-state index contributed by atoms with van der Waals surface area (Å²) >= 11 is 11.2. The van der Waals surface area contributed by atoms with Gasteiger partial charge in [0.05, 0.1) is 17.2 Å². The third-order valence-corrected chi connectivity index (χ3v) is 4.26. The first kappa shape index (κ1) is 18.8. The Morgan fingerprint density at radius 2 is 1.93 bits per heavy atom. The smallest absolute Gasteiger partial charge is 0.316 e. The SMILES string of the molecule is O=C(CCl)O/N=C1/C(=O)N(Cc2ccc(Cl)cc2)c2ccc([N+](=O)[O-])cc21. The summed E-state index contributed by atoms with van der Waals surface area (Å²) in [5.74, 6) is -1.84. The molecule has 10 heteroatoms. The number of rotatable bonds is 5. The molecule has 1 heterocycles. The fourth-order valence-corrected chi connectivity index (χ4v) is 2.73. The number of alkyl halides is 1. The zero-order chi connectivity index (χ0) is 19.6. The average molecular weight is 408 g/mol. The number of halogens is 2. The molecular formula is C17H11Cl2N3O5. The van der Waals surface area contributed by atoms with E-state index in [-0.39, 0.29) is 23.5 Å². The molecule has 138 valence electrons. The van der Waals surface area contributed by atoms with Crippen molar-refractivity contribution in [1.29, 1.82) is 0 Å². The number of hydrogen-bond acceptors (Lipinski definition) is 6. The number of carbonyl (C=O) groups is 2. The number of nitro groups is 1. The van der Waals surface area contributed by atoms with Crippen LogP contribution in [0.1, 0.15) is 11.1 Å². The number of nitro benzene ring substituents is 1. The van der Waals surface area contributed by atoms with Crippen LogP contribution < -0.4 is 4.90 Å². The first-order valence-electron chi connectivity index (χ1n) is 7.59. The highest BCUT2D eigenvalue weighted by atomic mass is 35.5. The van der Waals surface area contributed by atoms with Crippen LogP contribution in [-0.4, -0.2) is 28.4 Å². The molecule has 0 radical (unpaired) electrons. The number of fused-ring (bicyclic) bond motifs is 1. The lowest BCUT2D eigenvalue weighted by atomic mass is 10.1. The van der Waals surface area contributed by atoms with Gasteiger partial charge in [-0.3, -0.25) is 14.9 Å². The van der Waals surface area contributed by atoms with Gasteiger partial charge in [-0.25, -0.2) is 4.79 Å². The third-order valence-electron chi connectivity index (χ3n) is 3.79. The van der Waals surface area contributed by atoms with Gasteiger partial charge in [0.25, 0.3) is 11.6 Å². The van der Waals surface area contributed by atoms with Crippen LogP contribution in [0.5, 0.6) is 0 Å². The van der Waals surface area contributed by atoms with E-state index in [1.807, 2.05) is 0 Å². The topological polar surface area (TPSA) is 102 Å². The molecule has 0 aromatic heterocycles. The predicted octanol–water partition coefficient (Wildman–Crippen LogP) is 3.28. The van der Waals surface area contributed by atoms with E-state index in [1.165, 1.54) is 23.1 Å². The van der Waals surface area contributed by atoms with Gasteiger partial charge in [0, 0.05) is 22.7 Å². The molecule has 1 amide bonds. The van der Waals surface area contributed by atoms with Gasteiger partial charge < -0.3 is 9.74 Å². The maximum atomic E-state index is 12.8. The van der Waals surface area contributed by atoms with Crippen LogP contribution in [0.25, 0.3) is 0 Å². The summed E-state index contributed by atoms with van der Waals surface area (Å²) in [5, 5.41) is 15.2. The van der Waals surface area contributed by atoms with Crippen LogP contribution in [0, 0.1) is 10.1 Å². The molecule has 0 saturated heterocycles. The van der Waals surface area contributed by atoms with Gasteiger partial charge >= 0.3 is 5.97 Å². The predicted molar refractivity (Wildman–Crippen MR) is 99.1 cm³/mol. The Morgan fingerprint density at radius 3 is 2.56 bits per heavy atom. The Morgan fingerprint density at radius 1 is 1.22 bits per heavy atom. The largest absolute Gasteiger partial charge is 0.349 e. The fourth-order valence-electron chi connectivity index (χ4n) is 2.55. The van der Waals surface area contributed by atoms with Crippen molar-refractivity contribution in [2.75, 3.05) is 10.8 Å². The average Bonchev–Trinajstić information content (AvgIpc) is 2.92. The number of amides is 1. The number of benzene rings is 2. The molecule has 0 N–H and O–H groups in total. The maximum Gasteiger partial charge on any atom is 0.349 e. The first-order chi connectivity index (χ1) is 12.9. The van der Waals surface area contributed by atoms with E-state index in [9.17, 15) is 19.7 Å². The zero-order valence-electron chi connectivity index (χ0n) is 13.6. The van der Waals surface area contributed by atoms with Crippen LogP contribution in [-0.2, 0) is 21.0 Å². The van der Waals surface area contributed by atoms with E-state index in [0.29, 0.717) is 10.7 Å². The van der Waals surface area contributed by atoms with Crippen LogP contribution in [0.4, 0.5) is 11.4 Å². The molecule has 1 aliphatic heterocycles. The lowest BCUT2D eigenvalue weighted by Gasteiger charge is -2.16. The zero-order valence-corrected chi connectivity index (χ0v) is 15.1. The van der Waals surface area contributed by atoms with E-state index in [0.717, 1.165) is 5.56 Å². The van der Waals surface area contributed by atoms with E-state index < -0.39 is 22.7 Å².